The Morgan fingerprint density at radius 3 is 2.24 bits per heavy atom. The van der Waals surface area contributed by atoms with Crippen LogP contribution in [0.3, 0.4) is 0 Å². The van der Waals surface area contributed by atoms with Gasteiger partial charge in [0.15, 0.2) is 12.4 Å². The quantitative estimate of drug-likeness (QED) is 0.401. The number of ether oxygens (including phenoxy) is 1. The molecule has 0 saturated heterocycles. The van der Waals surface area contributed by atoms with Crippen LogP contribution in [0, 0.1) is 19.3 Å². The number of benzene rings is 2. The van der Waals surface area contributed by atoms with Crippen LogP contribution >= 0.6 is 11.8 Å². The molecular weight excluding hydrogens is 386 g/mol. The summed E-state index contributed by atoms with van der Waals surface area (Å²) in [5.41, 5.74) is 2.82. The van der Waals surface area contributed by atoms with Crippen molar-refractivity contribution in [3.8, 4) is 0 Å². The van der Waals surface area contributed by atoms with Crippen molar-refractivity contribution in [2.45, 2.75) is 39.5 Å². The van der Waals surface area contributed by atoms with Crippen LogP contribution in [-0.2, 0) is 14.3 Å². The van der Waals surface area contributed by atoms with Crippen LogP contribution in [0.1, 0.15) is 42.3 Å². The zero-order valence-electron chi connectivity index (χ0n) is 17.5. The summed E-state index contributed by atoms with van der Waals surface area (Å²) in [4.78, 5) is 37.2. The molecule has 154 valence electrons. The molecule has 29 heavy (non-hydrogen) atoms. The van der Waals surface area contributed by atoms with Crippen molar-refractivity contribution in [3.05, 3.63) is 59.2 Å². The minimum atomic E-state index is -0.502. The summed E-state index contributed by atoms with van der Waals surface area (Å²) < 4.78 is 5.10. The molecule has 0 bridgehead atoms. The maximum Gasteiger partial charge on any atom is 0.316 e. The molecule has 5 nitrogen and oxygen atoms in total. The molecule has 0 atom stereocenters. The van der Waals surface area contributed by atoms with Crippen molar-refractivity contribution in [3.63, 3.8) is 0 Å². The second kappa shape index (κ2) is 9.74. The number of carbonyl (C=O) groups is 3. The van der Waals surface area contributed by atoms with Gasteiger partial charge in [-0.25, -0.2) is 0 Å². The van der Waals surface area contributed by atoms with E-state index in [2.05, 4.69) is 11.4 Å². The van der Waals surface area contributed by atoms with E-state index in [9.17, 15) is 14.4 Å². The van der Waals surface area contributed by atoms with Crippen LogP contribution in [0.15, 0.2) is 47.4 Å². The molecule has 0 radical (unpaired) electrons. The summed E-state index contributed by atoms with van der Waals surface area (Å²) in [5.74, 6) is -0.678. The van der Waals surface area contributed by atoms with Crippen molar-refractivity contribution in [1.29, 1.82) is 0 Å². The highest BCUT2D eigenvalue weighted by Crippen LogP contribution is 2.23. The Hall–Kier alpha value is -2.60. The molecule has 0 unspecified atom stereocenters. The Morgan fingerprint density at radius 2 is 1.66 bits per heavy atom. The van der Waals surface area contributed by atoms with Gasteiger partial charge >= 0.3 is 5.97 Å². The highest BCUT2D eigenvalue weighted by molar-refractivity contribution is 8.00. The van der Waals surface area contributed by atoms with Crippen LogP contribution in [0.25, 0.3) is 0 Å². The number of hydrogen-bond acceptors (Lipinski definition) is 5. The van der Waals surface area contributed by atoms with Gasteiger partial charge in [-0.1, -0.05) is 38.5 Å². The molecule has 0 aliphatic rings. The van der Waals surface area contributed by atoms with E-state index in [0.717, 1.165) is 10.5 Å². The molecule has 0 fully saturated rings. The molecule has 2 aromatic rings. The van der Waals surface area contributed by atoms with Crippen LogP contribution < -0.4 is 5.32 Å². The smallest absolute Gasteiger partial charge is 0.316 e. The Bertz CT molecular complexity index is 898. The van der Waals surface area contributed by atoms with Crippen LogP contribution in [0.5, 0.6) is 0 Å². The molecule has 0 aliphatic carbocycles. The number of rotatable bonds is 7. The molecule has 1 N–H and O–H groups in total. The Kier molecular flexibility index (Phi) is 7.62. The summed E-state index contributed by atoms with van der Waals surface area (Å²) in [5, 5.41) is 2.80. The number of ketones is 1. The molecular formula is C23H27NO4S. The first kappa shape index (κ1) is 22.7. The van der Waals surface area contributed by atoms with E-state index < -0.39 is 11.4 Å². The van der Waals surface area contributed by atoms with Gasteiger partial charge in [-0.05, 0) is 49.7 Å². The fourth-order valence-electron chi connectivity index (χ4n) is 2.43. The monoisotopic (exact) mass is 413 g/mol. The number of thioether (sulfide) groups is 1. The third-order valence-electron chi connectivity index (χ3n) is 4.19. The van der Waals surface area contributed by atoms with Gasteiger partial charge in [0.05, 0.1) is 5.75 Å². The fraction of sp³-hybridized carbons (Fsp3) is 0.348. The van der Waals surface area contributed by atoms with E-state index in [1.54, 1.807) is 24.3 Å². The number of amides is 1. The number of aryl methyl sites for hydroxylation is 2. The molecule has 0 saturated carbocycles. The van der Waals surface area contributed by atoms with Crippen molar-refractivity contribution >= 4 is 35.1 Å². The third kappa shape index (κ3) is 7.06. The summed E-state index contributed by atoms with van der Waals surface area (Å²) in [7, 11) is 0. The molecule has 0 heterocycles. The summed E-state index contributed by atoms with van der Waals surface area (Å²) in [6, 6.07) is 12.6. The zero-order chi connectivity index (χ0) is 21.6. The summed E-state index contributed by atoms with van der Waals surface area (Å²) >= 11 is 1.39. The molecule has 1 amide bonds. The first-order valence-corrected chi connectivity index (χ1v) is 10.4. The predicted octanol–water partition coefficient (Wildman–Crippen LogP) is 4.81. The van der Waals surface area contributed by atoms with E-state index in [0.29, 0.717) is 11.3 Å². The standard InChI is InChI=1S/C23H27NO4S/c1-15-6-11-20(16(2)12-15)29-14-21(26)28-13-19(25)17-7-9-18(10-8-17)24-22(27)23(3,4)5/h6-12H,13-14H2,1-5H3,(H,24,27). The zero-order valence-corrected chi connectivity index (χ0v) is 18.3. The maximum absolute atomic E-state index is 12.2. The Balaban J connectivity index is 1.82. The highest BCUT2D eigenvalue weighted by Gasteiger charge is 2.21. The molecule has 0 aromatic heterocycles. The third-order valence-corrected chi connectivity index (χ3v) is 5.34. The van der Waals surface area contributed by atoms with E-state index in [1.165, 1.54) is 17.3 Å². The van der Waals surface area contributed by atoms with Crippen LogP contribution in [-0.4, -0.2) is 30.0 Å². The second-order valence-corrected chi connectivity index (χ2v) is 8.94. The lowest BCUT2D eigenvalue weighted by Crippen LogP contribution is -2.27. The number of anilines is 1. The maximum atomic E-state index is 12.2. The van der Waals surface area contributed by atoms with Crippen LogP contribution in [0.2, 0.25) is 0 Å². The predicted molar refractivity (Wildman–Crippen MR) is 116 cm³/mol. The largest absolute Gasteiger partial charge is 0.457 e. The SMILES string of the molecule is Cc1ccc(SCC(=O)OCC(=O)c2ccc(NC(=O)C(C)(C)C)cc2)c(C)c1. The summed E-state index contributed by atoms with van der Waals surface area (Å²) in [6.07, 6.45) is 0. The van der Waals surface area contributed by atoms with Crippen LogP contribution in [0.4, 0.5) is 5.69 Å². The lowest BCUT2D eigenvalue weighted by molar-refractivity contribution is -0.139. The van der Waals surface area contributed by atoms with Gasteiger partial charge in [0, 0.05) is 21.6 Å². The Labute approximate surface area is 176 Å². The molecule has 0 aliphatic heterocycles. The van der Waals surface area contributed by atoms with Crippen molar-refractivity contribution in [2.75, 3.05) is 17.7 Å². The molecule has 2 rings (SSSR count). The second-order valence-electron chi connectivity index (χ2n) is 7.92. The Morgan fingerprint density at radius 1 is 1.00 bits per heavy atom. The van der Waals surface area contributed by atoms with Gasteiger partial charge in [-0.2, -0.15) is 0 Å². The van der Waals surface area contributed by atoms with Crippen molar-refractivity contribution < 1.29 is 19.1 Å². The topological polar surface area (TPSA) is 72.5 Å². The van der Waals surface area contributed by atoms with Gasteiger partial charge in [0.1, 0.15) is 0 Å². The van der Waals surface area contributed by atoms with Gasteiger partial charge in [0.2, 0.25) is 5.91 Å². The number of Topliss-reactive ketones (excluding diaryl/α,β-unsaturated/α-hetero) is 1. The highest BCUT2D eigenvalue weighted by atomic mass is 32.2. The number of hydrogen-bond donors (Lipinski definition) is 1. The normalized spacial score (nSPS) is 11.1. The van der Waals surface area contributed by atoms with E-state index >= 15 is 0 Å². The first-order chi connectivity index (χ1) is 13.6. The number of nitrogens with one attached hydrogen (secondary N) is 1. The first-order valence-electron chi connectivity index (χ1n) is 9.36. The fourth-order valence-corrected chi connectivity index (χ4v) is 3.23. The molecule has 0 spiro atoms. The number of carbonyl (C=O) groups excluding carboxylic acids is 3. The van der Waals surface area contributed by atoms with E-state index in [-0.39, 0.29) is 24.1 Å². The van der Waals surface area contributed by atoms with Gasteiger partial charge in [-0.3, -0.25) is 14.4 Å². The van der Waals surface area contributed by atoms with E-state index in [1.807, 2.05) is 46.8 Å². The minimum Gasteiger partial charge on any atom is -0.457 e. The lowest BCUT2D eigenvalue weighted by Gasteiger charge is -2.17. The summed E-state index contributed by atoms with van der Waals surface area (Å²) in [6.45, 7) is 9.19. The van der Waals surface area contributed by atoms with Crippen molar-refractivity contribution in [2.24, 2.45) is 5.41 Å². The average molecular weight is 414 g/mol. The van der Waals surface area contributed by atoms with Gasteiger partial charge < -0.3 is 10.1 Å². The van der Waals surface area contributed by atoms with Gasteiger partial charge in [0.25, 0.3) is 0 Å². The minimum absolute atomic E-state index is 0.105. The average Bonchev–Trinajstić information content (AvgIpc) is 2.65. The molecule has 6 heteroatoms. The van der Waals surface area contributed by atoms with Gasteiger partial charge in [-0.15, -0.1) is 11.8 Å². The van der Waals surface area contributed by atoms with E-state index in [4.69, 9.17) is 4.74 Å². The number of esters is 1. The van der Waals surface area contributed by atoms with Crippen molar-refractivity contribution in [1.82, 2.24) is 0 Å². The molecule has 2 aromatic carbocycles. The lowest BCUT2D eigenvalue weighted by atomic mass is 9.95.